The molecule has 4 heteroatoms. The smallest absolute Gasteiger partial charge is 0.164 e. The van der Waals surface area contributed by atoms with Crippen molar-refractivity contribution in [3.05, 3.63) is 175 Å². The van der Waals surface area contributed by atoms with Gasteiger partial charge in [0.2, 0.25) is 0 Å². The molecule has 0 spiro atoms. The van der Waals surface area contributed by atoms with Gasteiger partial charge in [-0.15, -0.1) is 0 Å². The van der Waals surface area contributed by atoms with Gasteiger partial charge in [0.1, 0.15) is 11.2 Å². The number of hydrogen-bond acceptors (Lipinski definition) is 4. The summed E-state index contributed by atoms with van der Waals surface area (Å²) in [6, 6.07) is 57.1. The molecule has 2 heterocycles. The standard InChI is InChI=1S/C48H33N3O/c1-48(2)40-21-10-9-17-36(40)37-19-11-18-35(44(37)48)34-27-28-41-39(29-34)43-38(20-12-22-42(43)52-41)47-50-45(32-15-7-4-8-16-32)49-46(51-47)33-25-23-31(24-26-33)30-13-5-3-6-14-30/h3-29H,1-2H3. The van der Waals surface area contributed by atoms with Gasteiger partial charge in [-0.25, -0.2) is 15.0 Å². The van der Waals surface area contributed by atoms with E-state index in [1.54, 1.807) is 0 Å². The fourth-order valence-electron chi connectivity index (χ4n) is 8.05. The molecule has 0 aliphatic heterocycles. The fourth-order valence-corrected chi connectivity index (χ4v) is 8.05. The maximum absolute atomic E-state index is 6.50. The van der Waals surface area contributed by atoms with Crippen molar-refractivity contribution in [2.45, 2.75) is 19.3 Å². The molecular formula is C48H33N3O. The number of furan rings is 1. The van der Waals surface area contributed by atoms with Gasteiger partial charge in [0.25, 0.3) is 0 Å². The molecule has 0 N–H and O–H groups in total. The van der Waals surface area contributed by atoms with Crippen molar-refractivity contribution in [1.29, 1.82) is 0 Å². The summed E-state index contributed by atoms with van der Waals surface area (Å²) in [6.45, 7) is 4.67. The van der Waals surface area contributed by atoms with Gasteiger partial charge in [0.05, 0.1) is 0 Å². The topological polar surface area (TPSA) is 51.8 Å². The highest BCUT2D eigenvalue weighted by atomic mass is 16.3. The number of fused-ring (bicyclic) bond motifs is 6. The molecule has 0 radical (unpaired) electrons. The Bertz CT molecular complexity index is 2800. The molecule has 0 amide bonds. The van der Waals surface area contributed by atoms with Gasteiger partial charge in [-0.2, -0.15) is 0 Å². The van der Waals surface area contributed by atoms with Gasteiger partial charge < -0.3 is 4.42 Å². The van der Waals surface area contributed by atoms with Crippen LogP contribution in [0, 0.1) is 0 Å². The molecule has 0 fully saturated rings. The van der Waals surface area contributed by atoms with Crippen LogP contribution in [0.25, 0.3) is 89.5 Å². The summed E-state index contributed by atoms with van der Waals surface area (Å²) in [5, 5.41) is 2.02. The summed E-state index contributed by atoms with van der Waals surface area (Å²) in [4.78, 5) is 15.3. The van der Waals surface area contributed by atoms with Crippen LogP contribution in [0.3, 0.4) is 0 Å². The van der Waals surface area contributed by atoms with E-state index in [0.29, 0.717) is 17.5 Å². The van der Waals surface area contributed by atoms with Crippen molar-refractivity contribution in [3.8, 4) is 67.5 Å². The largest absolute Gasteiger partial charge is 0.456 e. The lowest BCUT2D eigenvalue weighted by molar-refractivity contribution is 0.662. The molecule has 9 aromatic rings. The van der Waals surface area contributed by atoms with E-state index in [0.717, 1.165) is 49.8 Å². The second kappa shape index (κ2) is 11.7. The molecule has 0 atom stereocenters. The zero-order chi connectivity index (χ0) is 34.8. The molecule has 52 heavy (non-hydrogen) atoms. The van der Waals surface area contributed by atoms with Crippen LogP contribution < -0.4 is 0 Å². The maximum atomic E-state index is 6.50. The van der Waals surface area contributed by atoms with E-state index in [2.05, 4.69) is 129 Å². The summed E-state index contributed by atoms with van der Waals surface area (Å²) in [6.07, 6.45) is 0. The van der Waals surface area contributed by atoms with Gasteiger partial charge >= 0.3 is 0 Å². The first-order chi connectivity index (χ1) is 25.5. The second-order valence-electron chi connectivity index (χ2n) is 14.0. The second-order valence-corrected chi connectivity index (χ2v) is 14.0. The highest BCUT2D eigenvalue weighted by molar-refractivity contribution is 6.13. The van der Waals surface area contributed by atoms with E-state index in [9.17, 15) is 0 Å². The molecule has 7 aromatic carbocycles. The average Bonchev–Trinajstić information content (AvgIpc) is 3.70. The highest BCUT2D eigenvalue weighted by Gasteiger charge is 2.37. The van der Waals surface area contributed by atoms with Crippen molar-refractivity contribution in [1.82, 2.24) is 15.0 Å². The van der Waals surface area contributed by atoms with E-state index >= 15 is 0 Å². The average molecular weight is 668 g/mol. The van der Waals surface area contributed by atoms with Crippen LogP contribution in [0.15, 0.2) is 168 Å². The highest BCUT2D eigenvalue weighted by Crippen LogP contribution is 2.52. The van der Waals surface area contributed by atoms with Crippen LogP contribution in [0.2, 0.25) is 0 Å². The quantitative estimate of drug-likeness (QED) is 0.183. The third-order valence-electron chi connectivity index (χ3n) is 10.5. The van der Waals surface area contributed by atoms with Crippen LogP contribution in [0.5, 0.6) is 0 Å². The summed E-state index contributed by atoms with van der Waals surface area (Å²) in [5.74, 6) is 1.85. The number of hydrogen-bond donors (Lipinski definition) is 0. The third kappa shape index (κ3) is 4.79. The molecule has 0 saturated carbocycles. The van der Waals surface area contributed by atoms with E-state index in [-0.39, 0.29) is 5.41 Å². The zero-order valence-electron chi connectivity index (χ0n) is 28.8. The van der Waals surface area contributed by atoms with Crippen molar-refractivity contribution < 1.29 is 4.42 Å². The Morgan fingerprint density at radius 2 is 0.942 bits per heavy atom. The minimum Gasteiger partial charge on any atom is -0.456 e. The summed E-state index contributed by atoms with van der Waals surface area (Å²) in [7, 11) is 0. The van der Waals surface area contributed by atoms with Crippen LogP contribution in [0.1, 0.15) is 25.0 Å². The Kier molecular flexibility index (Phi) is 6.80. The zero-order valence-corrected chi connectivity index (χ0v) is 28.8. The SMILES string of the molecule is CC1(C)c2ccccc2-c2cccc(-c3ccc4oc5cccc(-c6nc(-c7ccccc7)nc(-c7ccc(-c8ccccc8)cc7)n6)c5c4c3)c21. The fraction of sp³-hybridized carbons (Fsp3) is 0.0625. The van der Waals surface area contributed by atoms with Crippen LogP contribution in [-0.2, 0) is 5.41 Å². The van der Waals surface area contributed by atoms with Crippen LogP contribution >= 0.6 is 0 Å². The number of benzene rings is 7. The van der Waals surface area contributed by atoms with Crippen molar-refractivity contribution >= 4 is 21.9 Å². The van der Waals surface area contributed by atoms with Crippen molar-refractivity contribution in [3.63, 3.8) is 0 Å². The normalized spacial score (nSPS) is 13.0. The minimum atomic E-state index is -0.129. The van der Waals surface area contributed by atoms with E-state index in [1.807, 2.05) is 48.5 Å². The van der Waals surface area contributed by atoms with Crippen molar-refractivity contribution in [2.24, 2.45) is 0 Å². The summed E-state index contributed by atoms with van der Waals surface area (Å²) < 4.78 is 6.50. The third-order valence-corrected chi connectivity index (χ3v) is 10.5. The van der Waals surface area contributed by atoms with E-state index in [4.69, 9.17) is 19.4 Å². The first-order valence-corrected chi connectivity index (χ1v) is 17.7. The summed E-state index contributed by atoms with van der Waals surface area (Å²) in [5.41, 5.74) is 14.3. The Balaban J connectivity index is 1.15. The predicted octanol–water partition coefficient (Wildman–Crippen LogP) is 12.4. The van der Waals surface area contributed by atoms with E-state index < -0.39 is 0 Å². The Morgan fingerprint density at radius 3 is 1.71 bits per heavy atom. The molecule has 4 nitrogen and oxygen atoms in total. The Labute approximate surface area is 302 Å². The number of aromatic nitrogens is 3. The lowest BCUT2D eigenvalue weighted by Gasteiger charge is -2.24. The lowest BCUT2D eigenvalue weighted by atomic mass is 9.79. The number of nitrogens with zero attached hydrogens (tertiary/aromatic N) is 3. The maximum Gasteiger partial charge on any atom is 0.164 e. The monoisotopic (exact) mass is 667 g/mol. The van der Waals surface area contributed by atoms with Gasteiger partial charge in [-0.3, -0.25) is 0 Å². The van der Waals surface area contributed by atoms with Crippen molar-refractivity contribution in [2.75, 3.05) is 0 Å². The first kappa shape index (κ1) is 30.2. The van der Waals surface area contributed by atoms with Crippen LogP contribution in [0.4, 0.5) is 0 Å². The molecule has 1 aliphatic rings. The van der Waals surface area contributed by atoms with Gasteiger partial charge in [0.15, 0.2) is 17.5 Å². The van der Waals surface area contributed by atoms with Crippen LogP contribution in [-0.4, -0.2) is 15.0 Å². The van der Waals surface area contributed by atoms with E-state index in [1.165, 1.54) is 33.4 Å². The summed E-state index contributed by atoms with van der Waals surface area (Å²) >= 11 is 0. The molecule has 0 saturated heterocycles. The van der Waals surface area contributed by atoms with Gasteiger partial charge in [-0.1, -0.05) is 159 Å². The molecule has 2 aromatic heterocycles. The first-order valence-electron chi connectivity index (χ1n) is 17.7. The molecule has 10 rings (SSSR count). The molecule has 1 aliphatic carbocycles. The molecule has 0 bridgehead atoms. The Hall–Kier alpha value is -6.65. The molecule has 0 unspecified atom stereocenters. The minimum absolute atomic E-state index is 0.129. The lowest BCUT2D eigenvalue weighted by Crippen LogP contribution is -2.16. The van der Waals surface area contributed by atoms with Gasteiger partial charge in [0, 0.05) is 32.9 Å². The molecular weight excluding hydrogens is 635 g/mol. The Morgan fingerprint density at radius 1 is 0.404 bits per heavy atom. The molecule has 246 valence electrons. The predicted molar refractivity (Wildman–Crippen MR) is 212 cm³/mol. The number of rotatable bonds is 5. The van der Waals surface area contributed by atoms with Gasteiger partial charge in [-0.05, 0) is 62.7 Å².